The zero-order valence-corrected chi connectivity index (χ0v) is 12.6. The number of nitrogens with two attached hydrogens (primary N) is 1. The van der Waals surface area contributed by atoms with E-state index in [1.807, 2.05) is 23.9 Å². The summed E-state index contributed by atoms with van der Waals surface area (Å²) in [5.74, 6) is -0.278. The predicted octanol–water partition coefficient (Wildman–Crippen LogP) is 3.28. The summed E-state index contributed by atoms with van der Waals surface area (Å²) < 4.78 is 0. The molecule has 0 spiro atoms. The number of benzene rings is 1. The Morgan fingerprint density at radius 3 is 2.90 bits per heavy atom. The molecular weight excluding hydrogens is 288 g/mol. The zero-order valence-electron chi connectivity index (χ0n) is 11.0. The first-order chi connectivity index (χ1) is 9.74. The van der Waals surface area contributed by atoms with Crippen molar-refractivity contribution in [3.05, 3.63) is 46.7 Å². The van der Waals surface area contributed by atoms with Gasteiger partial charge in [-0.15, -0.1) is 23.1 Å². The maximum atomic E-state index is 11.3. The van der Waals surface area contributed by atoms with Gasteiger partial charge in [0.1, 0.15) is 0 Å². The van der Waals surface area contributed by atoms with E-state index < -0.39 is 0 Å². The third-order valence-corrected chi connectivity index (χ3v) is 5.85. The van der Waals surface area contributed by atoms with Crippen molar-refractivity contribution in [3.8, 4) is 0 Å². The van der Waals surface area contributed by atoms with E-state index in [-0.39, 0.29) is 12.5 Å². The molecule has 0 radical (unpaired) electrons. The average molecular weight is 304 g/mol. The quantitative estimate of drug-likeness (QED) is 0.946. The molecule has 2 N–H and O–H groups in total. The summed E-state index contributed by atoms with van der Waals surface area (Å²) >= 11 is 3.68. The SMILES string of the molecule is NC(=O)CN1CCC(c2cccs2)Sc2ccccc21. The minimum Gasteiger partial charge on any atom is -0.368 e. The second kappa shape index (κ2) is 5.89. The van der Waals surface area contributed by atoms with Crippen LogP contribution >= 0.6 is 23.1 Å². The Hall–Kier alpha value is -1.46. The van der Waals surface area contributed by atoms with Crippen molar-refractivity contribution in [3.63, 3.8) is 0 Å². The van der Waals surface area contributed by atoms with Gasteiger partial charge >= 0.3 is 0 Å². The number of amides is 1. The molecule has 0 fully saturated rings. The van der Waals surface area contributed by atoms with E-state index >= 15 is 0 Å². The highest BCUT2D eigenvalue weighted by atomic mass is 32.2. The lowest BCUT2D eigenvalue weighted by Crippen LogP contribution is -2.34. The molecule has 3 rings (SSSR count). The molecule has 0 bridgehead atoms. The third kappa shape index (κ3) is 2.83. The van der Waals surface area contributed by atoms with Crippen molar-refractivity contribution in [2.75, 3.05) is 18.0 Å². The Balaban J connectivity index is 1.92. The first-order valence-corrected chi connectivity index (χ1v) is 8.32. The smallest absolute Gasteiger partial charge is 0.236 e. The Bertz CT molecular complexity index is 598. The van der Waals surface area contributed by atoms with Crippen LogP contribution in [0, 0.1) is 0 Å². The minimum atomic E-state index is -0.278. The normalized spacial score (nSPS) is 18.4. The zero-order chi connectivity index (χ0) is 13.9. The Morgan fingerprint density at radius 1 is 1.30 bits per heavy atom. The number of para-hydroxylation sites is 1. The number of nitrogens with zero attached hydrogens (tertiary/aromatic N) is 1. The van der Waals surface area contributed by atoms with Gasteiger partial charge in [0.15, 0.2) is 0 Å². The molecule has 1 aliphatic rings. The number of primary amides is 1. The highest BCUT2D eigenvalue weighted by molar-refractivity contribution is 7.99. The number of thioether (sulfide) groups is 1. The number of hydrogen-bond acceptors (Lipinski definition) is 4. The number of anilines is 1. The number of thiophene rings is 1. The molecule has 1 aliphatic heterocycles. The first kappa shape index (κ1) is 13.5. The Kier molecular flexibility index (Phi) is 3.98. The summed E-state index contributed by atoms with van der Waals surface area (Å²) in [6.07, 6.45) is 1.02. The highest BCUT2D eigenvalue weighted by Gasteiger charge is 2.24. The number of carbonyl (C=O) groups excluding carboxylic acids is 1. The van der Waals surface area contributed by atoms with Crippen LogP contribution in [0.15, 0.2) is 46.7 Å². The van der Waals surface area contributed by atoms with E-state index in [1.54, 1.807) is 11.3 Å². The number of rotatable bonds is 3. The summed E-state index contributed by atoms with van der Waals surface area (Å²) in [6, 6.07) is 12.5. The van der Waals surface area contributed by atoms with E-state index in [0.29, 0.717) is 5.25 Å². The number of carbonyl (C=O) groups is 1. The maximum absolute atomic E-state index is 11.3. The van der Waals surface area contributed by atoms with Crippen LogP contribution < -0.4 is 10.6 Å². The molecule has 0 saturated heterocycles. The fourth-order valence-corrected chi connectivity index (χ4v) is 4.70. The van der Waals surface area contributed by atoms with Crippen LogP contribution in [-0.2, 0) is 4.79 Å². The van der Waals surface area contributed by atoms with Crippen LogP contribution in [0.4, 0.5) is 5.69 Å². The van der Waals surface area contributed by atoms with E-state index in [2.05, 4.69) is 34.5 Å². The second-order valence-electron chi connectivity index (χ2n) is 4.77. The van der Waals surface area contributed by atoms with Gasteiger partial charge in [0, 0.05) is 21.6 Å². The van der Waals surface area contributed by atoms with Crippen LogP contribution in [0.2, 0.25) is 0 Å². The van der Waals surface area contributed by atoms with Crippen LogP contribution in [0.25, 0.3) is 0 Å². The van der Waals surface area contributed by atoms with Gasteiger partial charge in [-0.1, -0.05) is 18.2 Å². The molecule has 0 saturated carbocycles. The summed E-state index contributed by atoms with van der Waals surface area (Å²) in [5, 5.41) is 2.57. The lowest BCUT2D eigenvalue weighted by molar-refractivity contribution is -0.116. The molecule has 5 heteroatoms. The second-order valence-corrected chi connectivity index (χ2v) is 6.99. The van der Waals surface area contributed by atoms with Crippen LogP contribution in [-0.4, -0.2) is 19.0 Å². The Morgan fingerprint density at radius 2 is 2.15 bits per heavy atom. The van der Waals surface area contributed by atoms with Gasteiger partial charge in [0.05, 0.1) is 12.2 Å². The van der Waals surface area contributed by atoms with Gasteiger partial charge in [0.25, 0.3) is 0 Å². The van der Waals surface area contributed by atoms with Crippen molar-refractivity contribution in [2.24, 2.45) is 5.73 Å². The number of hydrogen-bond donors (Lipinski definition) is 1. The fourth-order valence-electron chi connectivity index (χ4n) is 2.45. The van der Waals surface area contributed by atoms with Crippen LogP contribution in [0.1, 0.15) is 16.5 Å². The van der Waals surface area contributed by atoms with Crippen molar-refractivity contribution >= 4 is 34.7 Å². The largest absolute Gasteiger partial charge is 0.368 e. The van der Waals surface area contributed by atoms with Crippen molar-refractivity contribution in [1.29, 1.82) is 0 Å². The molecule has 104 valence electrons. The molecule has 3 nitrogen and oxygen atoms in total. The number of fused-ring (bicyclic) bond motifs is 1. The lowest BCUT2D eigenvalue weighted by Gasteiger charge is -2.22. The summed E-state index contributed by atoms with van der Waals surface area (Å²) in [6.45, 7) is 1.14. The molecule has 1 amide bonds. The molecule has 0 aliphatic carbocycles. The van der Waals surface area contributed by atoms with Crippen LogP contribution in [0.3, 0.4) is 0 Å². The molecule has 1 aromatic carbocycles. The maximum Gasteiger partial charge on any atom is 0.236 e. The summed E-state index contributed by atoms with van der Waals surface area (Å²) in [5.41, 5.74) is 6.50. The molecular formula is C15H16N2OS2. The summed E-state index contributed by atoms with van der Waals surface area (Å²) in [7, 11) is 0. The van der Waals surface area contributed by atoms with Crippen LogP contribution in [0.5, 0.6) is 0 Å². The molecule has 20 heavy (non-hydrogen) atoms. The minimum absolute atomic E-state index is 0.278. The average Bonchev–Trinajstić information content (AvgIpc) is 2.90. The Labute approximate surface area is 126 Å². The van der Waals surface area contributed by atoms with Crippen molar-refractivity contribution in [1.82, 2.24) is 0 Å². The van der Waals surface area contributed by atoms with E-state index in [0.717, 1.165) is 18.7 Å². The van der Waals surface area contributed by atoms with E-state index in [1.165, 1.54) is 9.77 Å². The first-order valence-electron chi connectivity index (χ1n) is 6.56. The standard InChI is InChI=1S/C15H16N2OS2/c16-15(18)10-17-8-7-14(13-6-3-9-19-13)20-12-5-2-1-4-11(12)17/h1-6,9,14H,7-8,10H2,(H2,16,18). The molecule has 1 unspecified atom stereocenters. The van der Waals surface area contributed by atoms with E-state index in [4.69, 9.17) is 5.73 Å². The predicted molar refractivity (Wildman–Crippen MR) is 85.4 cm³/mol. The molecule has 1 atom stereocenters. The van der Waals surface area contributed by atoms with Gasteiger partial charge in [0.2, 0.25) is 5.91 Å². The third-order valence-electron chi connectivity index (χ3n) is 3.34. The monoisotopic (exact) mass is 304 g/mol. The van der Waals surface area contributed by atoms with Gasteiger partial charge in [-0.2, -0.15) is 0 Å². The van der Waals surface area contributed by atoms with Crippen molar-refractivity contribution in [2.45, 2.75) is 16.6 Å². The van der Waals surface area contributed by atoms with Gasteiger partial charge < -0.3 is 10.6 Å². The molecule has 2 heterocycles. The lowest BCUT2D eigenvalue weighted by atomic mass is 10.2. The topological polar surface area (TPSA) is 46.3 Å². The highest BCUT2D eigenvalue weighted by Crippen LogP contribution is 2.45. The van der Waals surface area contributed by atoms with Crippen molar-refractivity contribution < 1.29 is 4.79 Å². The molecule has 2 aromatic rings. The summed E-state index contributed by atoms with van der Waals surface area (Å²) in [4.78, 5) is 16.0. The molecule has 1 aromatic heterocycles. The van der Waals surface area contributed by atoms with Gasteiger partial charge in [-0.05, 0) is 30.0 Å². The van der Waals surface area contributed by atoms with Gasteiger partial charge in [-0.25, -0.2) is 0 Å². The van der Waals surface area contributed by atoms with E-state index in [9.17, 15) is 4.79 Å². The van der Waals surface area contributed by atoms with Gasteiger partial charge in [-0.3, -0.25) is 4.79 Å². The fraction of sp³-hybridized carbons (Fsp3) is 0.267.